The van der Waals surface area contributed by atoms with Crippen molar-refractivity contribution in [3.63, 3.8) is 0 Å². The van der Waals surface area contributed by atoms with Crippen molar-refractivity contribution in [2.75, 3.05) is 0 Å². The molecule has 0 fully saturated rings. The highest BCUT2D eigenvalue weighted by molar-refractivity contribution is 7.29. The number of hydrogen-bond donors (Lipinski definition) is 0. The van der Waals surface area contributed by atoms with Crippen LogP contribution in [0.3, 0.4) is 0 Å². The van der Waals surface area contributed by atoms with Crippen molar-refractivity contribution >= 4 is 35.5 Å². The average molecular weight is 126 g/mol. The Morgan fingerprint density at radius 3 is 2.00 bits per heavy atom. The second-order valence-electron chi connectivity index (χ2n) is 0.180. The summed E-state index contributed by atoms with van der Waals surface area (Å²) in [6.45, 7) is 0. The first kappa shape index (κ1) is 9.39. The zero-order valence-electron chi connectivity index (χ0n) is 1.84. The van der Waals surface area contributed by atoms with Crippen LogP contribution in [0.25, 0.3) is 0 Å². The first-order valence-electron chi connectivity index (χ1n) is 0.601. The molecule has 0 spiro atoms. The lowest BCUT2D eigenvalue weighted by Crippen LogP contribution is -1.19. The second-order valence-corrected chi connectivity index (χ2v) is 1.17. The van der Waals surface area contributed by atoms with Crippen LogP contribution in [-0.4, -0.2) is 17.4 Å². The lowest BCUT2D eigenvalue weighted by Gasteiger charge is -1.57. The molecule has 1 atom stereocenters. The summed E-state index contributed by atoms with van der Waals surface area (Å²) < 4.78 is 12.9. The maximum atomic E-state index is 9.03. The Balaban J connectivity index is 0. The minimum absolute atomic E-state index is 0. The number of hydrogen-bond acceptors (Lipinski definition) is 2. The lowest BCUT2D eigenvalue weighted by atomic mass is 15.8. The van der Waals surface area contributed by atoms with Crippen LogP contribution in [0.2, 0.25) is 0 Å². The Morgan fingerprint density at radius 2 is 2.00 bits per heavy atom. The van der Waals surface area contributed by atoms with Crippen LogP contribution < -0.4 is 0 Å². The molecule has 0 saturated carbocycles. The van der Waals surface area contributed by atoms with E-state index in [2.05, 4.69) is 4.31 Å². The molecule has 0 N–H and O–H groups in total. The third-order valence-electron chi connectivity index (χ3n) is 0.0430. The van der Waals surface area contributed by atoms with Gasteiger partial charge in [-0.05, 0) is 0 Å². The van der Waals surface area contributed by atoms with Gasteiger partial charge in [-0.1, -0.05) is 0 Å². The van der Waals surface area contributed by atoms with E-state index >= 15 is 0 Å². The van der Waals surface area contributed by atoms with Gasteiger partial charge in [0.05, 0.1) is 0 Å². The molecular weight excluding hydrogens is 121 g/mol. The van der Waals surface area contributed by atoms with Crippen molar-refractivity contribution in [1.82, 2.24) is 0 Å². The van der Waals surface area contributed by atoms with Crippen LogP contribution in [0.15, 0.2) is 0 Å². The van der Waals surface area contributed by atoms with E-state index in [0.29, 0.717) is 0 Å². The van der Waals surface area contributed by atoms with Crippen molar-refractivity contribution in [2.45, 2.75) is 0 Å². The molecule has 5 heavy (non-hydrogen) atoms. The van der Waals surface area contributed by atoms with E-state index in [4.69, 9.17) is 4.57 Å². The van der Waals surface area contributed by atoms with Crippen LogP contribution in [0.4, 0.5) is 0 Å². The van der Waals surface area contributed by atoms with Crippen molar-refractivity contribution in [2.24, 2.45) is 0 Å². The highest BCUT2D eigenvalue weighted by atomic mass is 31.1. The SMILES string of the molecule is O=POP.[AlH3]. The molecule has 30 valence electrons. The topological polar surface area (TPSA) is 26.3 Å². The van der Waals surface area contributed by atoms with E-state index in [0.717, 1.165) is 0 Å². The molecule has 0 heterocycles. The molecule has 5 heteroatoms. The van der Waals surface area contributed by atoms with Gasteiger partial charge < -0.3 is 0 Å². The van der Waals surface area contributed by atoms with E-state index in [-0.39, 0.29) is 26.0 Å². The Hall–Kier alpha value is 1.02. The molecule has 0 amide bonds. The van der Waals surface area contributed by atoms with Crippen molar-refractivity contribution in [3.05, 3.63) is 0 Å². The van der Waals surface area contributed by atoms with E-state index in [1.165, 1.54) is 0 Å². The largest absolute Gasteiger partial charge is 0.330 e. The van der Waals surface area contributed by atoms with Gasteiger partial charge in [0.15, 0.2) is 17.4 Å². The Kier molecular flexibility index (Phi) is 16.7. The fourth-order valence-corrected chi connectivity index (χ4v) is 0. The molecule has 2 nitrogen and oxygen atoms in total. The van der Waals surface area contributed by atoms with Gasteiger partial charge >= 0.3 is 8.69 Å². The van der Waals surface area contributed by atoms with Crippen molar-refractivity contribution in [3.8, 4) is 0 Å². The molecule has 0 aliphatic carbocycles. The summed E-state index contributed by atoms with van der Waals surface area (Å²) in [6.07, 6.45) is 0. The number of rotatable bonds is 1. The van der Waals surface area contributed by atoms with Crippen LogP contribution in [0.1, 0.15) is 0 Å². The normalized spacial score (nSPS) is 6.60. The minimum atomic E-state index is -0.289. The third kappa shape index (κ3) is 11.2. The predicted octanol–water partition coefficient (Wildman–Crippen LogP) is -0.184. The molecule has 0 rings (SSSR count). The first-order valence-corrected chi connectivity index (χ1v) is 1.80. The zero-order valence-corrected chi connectivity index (χ0v) is 3.89. The molecule has 0 aromatic heterocycles. The van der Waals surface area contributed by atoms with E-state index < -0.39 is 0 Å². The van der Waals surface area contributed by atoms with Crippen molar-refractivity contribution < 1.29 is 8.88 Å². The maximum absolute atomic E-state index is 9.03. The quantitative estimate of drug-likeness (QED) is 0.359. The van der Waals surface area contributed by atoms with Gasteiger partial charge in [-0.2, -0.15) is 0 Å². The van der Waals surface area contributed by atoms with Gasteiger partial charge in [0.2, 0.25) is 0 Å². The molecule has 0 aromatic rings. The van der Waals surface area contributed by atoms with Gasteiger partial charge in [-0.25, -0.2) is 4.57 Å². The molecule has 0 aliphatic rings. The summed E-state index contributed by atoms with van der Waals surface area (Å²) in [5.41, 5.74) is 0. The van der Waals surface area contributed by atoms with E-state index in [1.54, 1.807) is 0 Å². The summed E-state index contributed by atoms with van der Waals surface area (Å²) in [6, 6.07) is 0. The monoisotopic (exact) mass is 126 g/mol. The fraction of sp³-hybridized carbons (Fsp3) is 0. The smallest absolute Gasteiger partial charge is 0.278 e. The Bertz CT molecular complexity index is 21.6. The average Bonchev–Trinajstić information content (AvgIpc) is 1.37. The zero-order chi connectivity index (χ0) is 3.41. The maximum Gasteiger partial charge on any atom is 0.330 e. The molecule has 1 unspecified atom stereocenters. The van der Waals surface area contributed by atoms with Gasteiger partial charge in [0.25, 0.3) is 0 Å². The van der Waals surface area contributed by atoms with Gasteiger partial charge in [-0.15, -0.1) is 0 Å². The van der Waals surface area contributed by atoms with Gasteiger partial charge in [0.1, 0.15) is 0 Å². The van der Waals surface area contributed by atoms with Crippen molar-refractivity contribution in [1.29, 1.82) is 0 Å². The summed E-state index contributed by atoms with van der Waals surface area (Å²) in [5.74, 6) is 0. The highest BCUT2D eigenvalue weighted by Gasteiger charge is 1.51. The van der Waals surface area contributed by atoms with Crippen LogP contribution in [-0.2, 0) is 8.88 Å². The predicted molar refractivity (Wildman–Crippen MR) is 28.3 cm³/mol. The second kappa shape index (κ2) is 8.90. The first-order chi connectivity index (χ1) is 1.91. The summed E-state index contributed by atoms with van der Waals surface area (Å²) in [7, 11) is 1.54. The van der Waals surface area contributed by atoms with Crippen LogP contribution >= 0.6 is 18.2 Å². The van der Waals surface area contributed by atoms with E-state index in [9.17, 15) is 0 Å². The molecule has 0 radical (unpaired) electrons. The van der Waals surface area contributed by atoms with E-state index in [1.807, 2.05) is 9.47 Å². The third-order valence-corrected chi connectivity index (χ3v) is 0.387. The summed E-state index contributed by atoms with van der Waals surface area (Å²) in [5, 5.41) is 0. The summed E-state index contributed by atoms with van der Waals surface area (Å²) in [4.78, 5) is 0. The molecular formula is H5AlO2P2. The molecule has 0 aromatic carbocycles. The Labute approximate surface area is 45.0 Å². The van der Waals surface area contributed by atoms with Crippen LogP contribution in [0.5, 0.6) is 0 Å². The van der Waals surface area contributed by atoms with Gasteiger partial charge in [0, 0.05) is 9.47 Å². The standard InChI is InChI=1S/Al.H2O2P2.3H/c;1-4-2-3;;;/h;3H2;;;. The Morgan fingerprint density at radius 1 is 1.80 bits per heavy atom. The molecule has 0 saturated heterocycles. The fourth-order valence-electron chi connectivity index (χ4n) is 0. The summed E-state index contributed by atoms with van der Waals surface area (Å²) >= 11 is 0. The molecule has 0 aliphatic heterocycles. The van der Waals surface area contributed by atoms with Crippen LogP contribution in [0, 0.1) is 0 Å². The van der Waals surface area contributed by atoms with Gasteiger partial charge in [-0.3, -0.25) is 4.31 Å². The minimum Gasteiger partial charge on any atom is -0.278 e. The highest BCUT2D eigenvalue weighted by Crippen LogP contribution is 1.98. The lowest BCUT2D eigenvalue weighted by molar-refractivity contribution is 0.552. The molecule has 0 bridgehead atoms.